The summed E-state index contributed by atoms with van der Waals surface area (Å²) >= 11 is 0. The second-order valence-electron chi connectivity index (χ2n) is 34.1. The standard InChI is InChI=1S/3C27H21F2N2O.C17H20N.C14H14N.C13H12N.3Ir/c3*1-15-12-18(27(4,28)29)9-11-19(15)23-13-24(30-14-16(23)2)22-7-5-6-20-21-10-8-17(3)31-26(21)32-25(20)22;1-13-5-8-15(9-6-13)16-10-7-14(12-18-16)11-17(2,3)4;1-10-4-6-13(7-5-10)14-8-11(2)12(3)9-15-14;1-10-3-6-12(7-4-10)13-8-5-11(2)9-14-13;;;/h3*5-6,8-14H,1-4H3;5-8,10,12H,11H2,1-4H3;4-6,8-9H,1-3H3;3-6,8-9H,1-2H3;;;/q6*-1;;;/i3*1D3,2D3,3D3;1D3,11D2;1D3,3D3;1D3,2D3;;;. The molecule has 0 spiro atoms. The molecule has 0 aliphatic carbocycles. The Hall–Kier alpha value is -13.7. The Bertz CT molecular complexity index is 9460. The number of fused-ring (bicyclic) bond motifs is 9. The van der Waals surface area contributed by atoms with E-state index in [4.69, 9.17) is 73.6 Å². The van der Waals surface area contributed by atoms with E-state index in [1.807, 2.05) is 20.8 Å². The number of benzene rings is 9. The molecule has 0 aliphatic heterocycles. The van der Waals surface area contributed by atoms with E-state index in [1.165, 1.54) is 110 Å². The van der Waals surface area contributed by atoms with Crippen molar-refractivity contribution in [1.29, 1.82) is 0 Å². The number of rotatable bonds is 13. The number of hydrogen-bond acceptors (Lipinski definition) is 12. The van der Waals surface area contributed by atoms with Crippen LogP contribution in [0.5, 0.6) is 0 Å². The van der Waals surface area contributed by atoms with Crippen molar-refractivity contribution < 1.29 is 160 Å². The Morgan fingerprint density at radius 1 is 0.281 bits per heavy atom. The van der Waals surface area contributed by atoms with Crippen LogP contribution in [-0.4, -0.2) is 44.9 Å². The maximum atomic E-state index is 14.1. The van der Waals surface area contributed by atoms with Gasteiger partial charge in [-0.25, -0.2) is 41.3 Å². The SMILES string of the molecule is [2H]C([2H])([2H])c1c[c-]c(-c2cc(C)c(C([2H])([2H])[2H])cn2)cc1.[2H]C([2H])([2H])c1c[c-]c(-c2ccc(C([2H])([2H])C(C)(C)C)cn2)cc1.[2H]C([2H])([2H])c1c[c-]c(-c2ccc(C([2H])([2H])[2H])cn2)cc1.[2H]C([2H])([2H])c1ccc2c(n1)oc1c(-c3cc(-c4ccc(C(C)(F)F)cc4C([2H])([2H])[2H])c(C([2H])([2H])[2H])cn3)[c-]ccc12.[2H]C([2H])([2H])c1ccc2c(n1)oc1c(-c3cc(-c4ccc(C(C)(F)F)cc4C([2H])([2H])[2H])c(C([2H])([2H])[2H])cn3)[c-]ccc12.[2H]C([2H])([2H])c1ccc2c(n1)oc1c(-c3cc(-c4ccc(C(C)(F)F)cc4C([2H])([2H])[2H])c(C([2H])([2H])[2H])cn3)[c-]ccc12.[Ir].[Ir].[Ir]. The molecule has 0 amide bonds. The van der Waals surface area contributed by atoms with Crippen molar-refractivity contribution in [2.24, 2.45) is 5.41 Å². The van der Waals surface area contributed by atoms with Crippen molar-refractivity contribution in [1.82, 2.24) is 44.9 Å². The Balaban J connectivity index is 0.000000188. The van der Waals surface area contributed by atoms with Crippen LogP contribution in [0.15, 0.2) is 281 Å². The quantitative estimate of drug-likeness (QED) is 0.0797. The van der Waals surface area contributed by atoms with Gasteiger partial charge in [-0.15, -0.1) is 161 Å². The first-order valence-corrected chi connectivity index (χ1v) is 43.6. The third kappa shape index (κ3) is 25.7. The smallest absolute Gasteiger partial charge is 0.270 e. The molecular weight excluding hydrogens is 2370 g/mol. The van der Waals surface area contributed by atoms with E-state index in [1.54, 1.807) is 110 Å². The number of nitrogens with zero attached hydrogens (tertiary/aromatic N) is 9. The Labute approximate surface area is 951 Å². The van der Waals surface area contributed by atoms with E-state index in [0.717, 1.165) is 55.0 Å². The van der Waals surface area contributed by atoms with Crippen molar-refractivity contribution >= 4 is 66.2 Å². The van der Waals surface area contributed by atoms with Gasteiger partial charge in [-0.05, 0) is 266 Å². The van der Waals surface area contributed by atoms with Crippen LogP contribution in [0, 0.1) is 145 Å². The summed E-state index contributed by atoms with van der Waals surface area (Å²) in [6.07, 6.45) is 5.94. The summed E-state index contributed by atoms with van der Waals surface area (Å²) in [6.45, 7) is -25.7. The molecule has 0 fully saturated rings. The number of aryl methyl sites for hydroxylation is 15. The van der Waals surface area contributed by atoms with Crippen LogP contribution < -0.4 is 0 Å². The molecule has 12 nitrogen and oxygen atoms in total. The van der Waals surface area contributed by atoms with Gasteiger partial charge in [0.2, 0.25) is 17.1 Å². The fraction of sp³-hybridized carbons (Fsp3) is 0.208. The average molecular weight is 2520 g/mol. The molecule has 21 rings (SSSR count). The second kappa shape index (κ2) is 45.9. The third-order valence-electron chi connectivity index (χ3n) is 22.2. The molecule has 0 unspecified atom stereocenters. The average Bonchev–Trinajstić information content (AvgIpc) is 1.57. The molecule has 9 aromatic carbocycles. The van der Waals surface area contributed by atoms with Gasteiger partial charge in [-0.3, -0.25) is 0 Å². The molecule has 747 valence electrons. The van der Waals surface area contributed by atoms with E-state index < -0.39 is 159 Å². The largest absolute Gasteiger partial charge is 0.486 e. The molecule has 0 saturated carbocycles. The third-order valence-corrected chi connectivity index (χ3v) is 22.2. The van der Waals surface area contributed by atoms with E-state index in [9.17, 15) is 26.3 Å². The molecule has 0 N–H and O–H groups in total. The molecule has 21 aromatic rings. The number of pyridine rings is 9. The first-order chi connectivity index (χ1) is 85.8. The Morgan fingerprint density at radius 2 is 0.610 bits per heavy atom. The summed E-state index contributed by atoms with van der Waals surface area (Å²) in [6, 6.07) is 71.6. The normalized spacial score (nSPS) is 17.2. The summed E-state index contributed by atoms with van der Waals surface area (Å²) in [5.74, 6) is -9.98. The van der Waals surface area contributed by atoms with Gasteiger partial charge >= 0.3 is 0 Å². The van der Waals surface area contributed by atoms with Crippen LogP contribution in [0.25, 0.3) is 167 Å². The summed E-state index contributed by atoms with van der Waals surface area (Å²) in [5.41, 5.74) is 3.11. The van der Waals surface area contributed by atoms with Gasteiger partial charge in [-0.1, -0.05) is 165 Å². The van der Waals surface area contributed by atoms with Crippen molar-refractivity contribution in [3.05, 3.63) is 410 Å². The predicted molar refractivity (Wildman–Crippen MR) is 565 cm³/mol. The van der Waals surface area contributed by atoms with E-state index in [2.05, 4.69) is 81.3 Å². The Kier molecular flexibility index (Phi) is 20.2. The summed E-state index contributed by atoms with van der Waals surface area (Å²) in [4.78, 5) is 37.8. The second-order valence-corrected chi connectivity index (χ2v) is 34.1. The first-order valence-electron chi connectivity index (χ1n) is 65.6. The molecule has 0 bridgehead atoms. The van der Waals surface area contributed by atoms with Crippen LogP contribution in [0.3, 0.4) is 0 Å². The molecule has 12 heterocycles. The number of halogens is 6. The number of hydrogen-bond donors (Lipinski definition) is 0. The zero-order valence-corrected chi connectivity index (χ0v) is 85.1. The molecule has 0 aliphatic rings. The zero-order valence-electron chi connectivity index (χ0n) is 122. The van der Waals surface area contributed by atoms with Crippen molar-refractivity contribution in [2.45, 2.75) is 169 Å². The molecule has 3 radical (unpaired) electrons. The minimum Gasteiger partial charge on any atom is -0.486 e. The first kappa shape index (κ1) is 64.3. The molecule has 0 saturated heterocycles. The molecule has 0 atom stereocenters. The van der Waals surface area contributed by atoms with Crippen LogP contribution >= 0.6 is 0 Å². The maximum Gasteiger partial charge on any atom is 0.270 e. The van der Waals surface area contributed by atoms with Crippen LogP contribution in [-0.2, 0) is 84.5 Å². The summed E-state index contributed by atoms with van der Waals surface area (Å²) < 4.78 is 442. The van der Waals surface area contributed by atoms with Gasteiger partial charge in [-0.2, -0.15) is 0 Å². The summed E-state index contributed by atoms with van der Waals surface area (Å²) in [7, 11) is 0. The molecule has 21 heteroatoms. The maximum absolute atomic E-state index is 14.1. The predicted octanol–water partition coefficient (Wildman–Crippen LogP) is 33.7. The Morgan fingerprint density at radius 3 is 0.904 bits per heavy atom. The van der Waals surface area contributed by atoms with Crippen molar-refractivity contribution in [3.63, 3.8) is 0 Å². The minimum atomic E-state index is -3.33. The van der Waals surface area contributed by atoms with Gasteiger partial charge in [0.25, 0.3) is 17.8 Å². The van der Waals surface area contributed by atoms with Gasteiger partial charge in [0.1, 0.15) is 0 Å². The van der Waals surface area contributed by atoms with Gasteiger partial charge in [0.05, 0.1) is 16.7 Å². The molecule has 12 aromatic heterocycles. The fourth-order valence-electron chi connectivity index (χ4n) is 15.1. The molecule has 146 heavy (non-hydrogen) atoms. The number of alkyl halides is 6. The van der Waals surface area contributed by atoms with Gasteiger partial charge in [0.15, 0.2) is 0 Å². The van der Waals surface area contributed by atoms with E-state index in [-0.39, 0.29) is 223 Å². The fourth-order valence-corrected chi connectivity index (χ4v) is 15.1. The van der Waals surface area contributed by atoms with E-state index in [0.29, 0.717) is 98.0 Å². The van der Waals surface area contributed by atoms with Gasteiger partial charge < -0.3 is 43.2 Å². The monoisotopic (exact) mass is 2520 g/mol. The van der Waals surface area contributed by atoms with Crippen LogP contribution in [0.1, 0.15) is 208 Å². The van der Waals surface area contributed by atoms with Crippen molar-refractivity contribution in [2.75, 3.05) is 0 Å². The molecular formula is C125H109F6Ir3N9O3-6. The van der Waals surface area contributed by atoms with Gasteiger partial charge in [0, 0.05) is 229 Å². The number of aromatic nitrogens is 9. The topological polar surface area (TPSA) is 155 Å². The number of furan rings is 3. The van der Waals surface area contributed by atoms with Crippen LogP contribution in [0.4, 0.5) is 26.3 Å². The van der Waals surface area contributed by atoms with Crippen molar-refractivity contribution in [3.8, 4) is 101 Å². The minimum absolute atomic E-state index is 0. The van der Waals surface area contributed by atoms with E-state index >= 15 is 0 Å². The zero-order chi connectivity index (χ0) is 139. The summed E-state index contributed by atoms with van der Waals surface area (Å²) in [5, 5.41) is 3.30. The van der Waals surface area contributed by atoms with Crippen LogP contribution in [0.2, 0.25) is 0 Å².